The first-order chi connectivity index (χ1) is 14.1. The van der Waals surface area contributed by atoms with Crippen LogP contribution in [0.15, 0.2) is 66.9 Å². The van der Waals surface area contributed by atoms with Gasteiger partial charge in [-0.15, -0.1) is 0 Å². The molecule has 148 valence electrons. The monoisotopic (exact) mass is 386 g/mol. The predicted octanol–water partition coefficient (Wildman–Crippen LogP) is 4.32. The number of rotatable bonds is 7. The Morgan fingerprint density at radius 2 is 1.79 bits per heavy atom. The van der Waals surface area contributed by atoms with Crippen LogP contribution in [-0.2, 0) is 13.1 Å². The van der Waals surface area contributed by atoms with E-state index in [9.17, 15) is 4.79 Å². The molecule has 0 unspecified atom stereocenters. The maximum absolute atomic E-state index is 12.9. The molecule has 5 heteroatoms. The van der Waals surface area contributed by atoms with Crippen molar-refractivity contribution in [2.75, 3.05) is 6.54 Å². The van der Waals surface area contributed by atoms with Crippen molar-refractivity contribution in [1.82, 2.24) is 19.7 Å². The Bertz CT molecular complexity index is 1120. The summed E-state index contributed by atoms with van der Waals surface area (Å²) >= 11 is 0. The largest absolute Gasteiger partial charge is 0.352 e. The lowest BCUT2D eigenvalue weighted by Crippen LogP contribution is -2.25. The molecule has 2 heterocycles. The van der Waals surface area contributed by atoms with Gasteiger partial charge >= 0.3 is 0 Å². The van der Waals surface area contributed by atoms with Crippen molar-refractivity contribution in [2.45, 2.75) is 33.4 Å². The van der Waals surface area contributed by atoms with Gasteiger partial charge in [-0.2, -0.15) is 5.10 Å². The van der Waals surface area contributed by atoms with Gasteiger partial charge in [0.1, 0.15) is 0 Å². The second-order valence-electron chi connectivity index (χ2n) is 7.43. The summed E-state index contributed by atoms with van der Waals surface area (Å²) in [5.41, 5.74) is 5.19. The summed E-state index contributed by atoms with van der Waals surface area (Å²) in [4.78, 5) is 12.9. The van der Waals surface area contributed by atoms with Crippen LogP contribution in [-0.4, -0.2) is 26.8 Å². The standard InChI is InChI=1S/C24H26N4O/c1-18-15-19(2)28(26-18)14-8-13-25-24(29)22-17-27(16-20-9-4-3-5-10-20)23-12-7-6-11-21(22)23/h3-7,9-12,15,17H,8,13-14,16H2,1-2H3,(H,25,29). The van der Waals surface area contributed by atoms with Crippen LogP contribution in [0.3, 0.4) is 0 Å². The van der Waals surface area contributed by atoms with Crippen LogP contribution in [0, 0.1) is 13.8 Å². The zero-order valence-corrected chi connectivity index (χ0v) is 16.9. The molecule has 0 saturated carbocycles. The van der Waals surface area contributed by atoms with E-state index in [4.69, 9.17) is 0 Å². The van der Waals surface area contributed by atoms with Crippen molar-refractivity contribution in [3.63, 3.8) is 0 Å². The first-order valence-corrected chi connectivity index (χ1v) is 10.0. The lowest BCUT2D eigenvalue weighted by atomic mass is 10.1. The number of benzene rings is 2. The number of aromatic nitrogens is 3. The fourth-order valence-corrected chi connectivity index (χ4v) is 3.77. The maximum Gasteiger partial charge on any atom is 0.253 e. The Kier molecular flexibility index (Phi) is 5.47. The van der Waals surface area contributed by atoms with Crippen LogP contribution < -0.4 is 5.32 Å². The van der Waals surface area contributed by atoms with Crippen molar-refractivity contribution in [3.8, 4) is 0 Å². The Labute approximate surface area is 171 Å². The predicted molar refractivity (Wildman–Crippen MR) is 116 cm³/mol. The zero-order chi connectivity index (χ0) is 20.2. The summed E-state index contributed by atoms with van der Waals surface area (Å²) in [6, 6.07) is 20.5. The zero-order valence-electron chi connectivity index (χ0n) is 16.9. The Morgan fingerprint density at radius 1 is 1.03 bits per heavy atom. The van der Waals surface area contributed by atoms with Gasteiger partial charge in [0.05, 0.1) is 11.3 Å². The highest BCUT2D eigenvalue weighted by Gasteiger charge is 2.14. The van der Waals surface area contributed by atoms with E-state index in [1.54, 1.807) is 0 Å². The molecule has 0 spiro atoms. The second-order valence-corrected chi connectivity index (χ2v) is 7.43. The van der Waals surface area contributed by atoms with Crippen molar-refractivity contribution in [2.24, 2.45) is 0 Å². The molecule has 2 aromatic carbocycles. The lowest BCUT2D eigenvalue weighted by molar-refractivity contribution is 0.0954. The van der Waals surface area contributed by atoms with Gasteiger partial charge in [-0.25, -0.2) is 0 Å². The van der Waals surface area contributed by atoms with E-state index in [1.165, 1.54) is 5.56 Å². The number of carbonyl (C=O) groups excluding carboxylic acids is 1. The third-order valence-corrected chi connectivity index (χ3v) is 5.16. The molecule has 4 rings (SSSR count). The Hall–Kier alpha value is -3.34. The van der Waals surface area contributed by atoms with Crippen LogP contribution in [0.2, 0.25) is 0 Å². The quantitative estimate of drug-likeness (QED) is 0.481. The maximum atomic E-state index is 12.9. The van der Waals surface area contributed by atoms with Crippen LogP contribution in [0.25, 0.3) is 10.9 Å². The van der Waals surface area contributed by atoms with E-state index in [-0.39, 0.29) is 5.91 Å². The fraction of sp³-hybridized carbons (Fsp3) is 0.250. The molecule has 0 atom stereocenters. The summed E-state index contributed by atoms with van der Waals surface area (Å²) in [5.74, 6) is -0.0265. The van der Waals surface area contributed by atoms with E-state index in [0.29, 0.717) is 6.54 Å². The average Bonchev–Trinajstić information content (AvgIpc) is 3.25. The summed E-state index contributed by atoms with van der Waals surface area (Å²) in [6.45, 7) is 6.22. The molecule has 5 nitrogen and oxygen atoms in total. The van der Waals surface area contributed by atoms with Crippen LogP contribution in [0.4, 0.5) is 0 Å². The molecule has 1 amide bonds. The molecule has 0 aliphatic carbocycles. The Balaban J connectivity index is 1.45. The fourth-order valence-electron chi connectivity index (χ4n) is 3.77. The molecule has 0 aliphatic heterocycles. The number of para-hydroxylation sites is 1. The first-order valence-electron chi connectivity index (χ1n) is 10.0. The molecule has 1 N–H and O–H groups in total. The molecular weight excluding hydrogens is 360 g/mol. The molecular formula is C24H26N4O. The van der Waals surface area contributed by atoms with Crippen molar-refractivity contribution < 1.29 is 4.79 Å². The van der Waals surface area contributed by atoms with Gasteiger partial charge in [0.15, 0.2) is 0 Å². The van der Waals surface area contributed by atoms with E-state index in [2.05, 4.69) is 46.2 Å². The lowest BCUT2D eigenvalue weighted by Gasteiger charge is -2.06. The number of nitrogens with one attached hydrogen (secondary N) is 1. The van der Waals surface area contributed by atoms with E-state index in [0.717, 1.165) is 47.4 Å². The summed E-state index contributed by atoms with van der Waals surface area (Å²) in [5, 5.41) is 8.53. The minimum atomic E-state index is -0.0265. The minimum absolute atomic E-state index is 0.0265. The van der Waals surface area contributed by atoms with Crippen molar-refractivity contribution in [1.29, 1.82) is 0 Å². The SMILES string of the molecule is Cc1cc(C)n(CCCNC(=O)c2cn(Cc3ccccc3)c3ccccc23)n1. The van der Waals surface area contributed by atoms with Gasteiger partial charge in [-0.05, 0) is 38.0 Å². The summed E-state index contributed by atoms with van der Waals surface area (Å²) < 4.78 is 4.14. The van der Waals surface area contributed by atoms with Gasteiger partial charge in [-0.1, -0.05) is 48.5 Å². The summed E-state index contributed by atoms with van der Waals surface area (Å²) in [6.07, 6.45) is 2.81. The number of amides is 1. The highest BCUT2D eigenvalue weighted by molar-refractivity contribution is 6.07. The van der Waals surface area contributed by atoms with Gasteiger partial charge in [0, 0.05) is 42.4 Å². The van der Waals surface area contributed by atoms with Crippen LogP contribution in [0.5, 0.6) is 0 Å². The normalized spacial score (nSPS) is 11.1. The van der Waals surface area contributed by atoms with E-state index in [1.807, 2.05) is 54.2 Å². The van der Waals surface area contributed by atoms with Crippen molar-refractivity contribution >= 4 is 16.8 Å². The number of nitrogens with zero attached hydrogens (tertiary/aromatic N) is 3. The molecule has 0 aliphatic rings. The van der Waals surface area contributed by atoms with Crippen molar-refractivity contribution in [3.05, 3.63) is 89.4 Å². The van der Waals surface area contributed by atoms with Crippen LogP contribution >= 0.6 is 0 Å². The second kappa shape index (κ2) is 8.35. The first kappa shape index (κ1) is 19.0. The molecule has 0 saturated heterocycles. The third kappa shape index (κ3) is 4.24. The number of carbonyl (C=O) groups is 1. The number of fused-ring (bicyclic) bond motifs is 1. The van der Waals surface area contributed by atoms with E-state index < -0.39 is 0 Å². The minimum Gasteiger partial charge on any atom is -0.352 e. The molecule has 0 radical (unpaired) electrons. The number of aryl methyl sites for hydroxylation is 3. The van der Waals surface area contributed by atoms with Gasteiger partial charge < -0.3 is 9.88 Å². The van der Waals surface area contributed by atoms with Gasteiger partial charge in [0.25, 0.3) is 5.91 Å². The smallest absolute Gasteiger partial charge is 0.253 e. The third-order valence-electron chi connectivity index (χ3n) is 5.16. The average molecular weight is 386 g/mol. The summed E-state index contributed by atoms with van der Waals surface area (Å²) in [7, 11) is 0. The highest BCUT2D eigenvalue weighted by Crippen LogP contribution is 2.22. The number of hydrogen-bond donors (Lipinski definition) is 1. The Morgan fingerprint density at radius 3 is 2.55 bits per heavy atom. The molecule has 4 aromatic rings. The molecule has 0 bridgehead atoms. The molecule has 29 heavy (non-hydrogen) atoms. The number of hydrogen-bond acceptors (Lipinski definition) is 2. The van der Waals surface area contributed by atoms with Gasteiger partial charge in [-0.3, -0.25) is 9.48 Å². The molecule has 0 fully saturated rings. The topological polar surface area (TPSA) is 51.9 Å². The van der Waals surface area contributed by atoms with Crippen LogP contribution in [0.1, 0.15) is 33.7 Å². The highest BCUT2D eigenvalue weighted by atomic mass is 16.1. The van der Waals surface area contributed by atoms with Gasteiger partial charge in [0.2, 0.25) is 0 Å². The van der Waals surface area contributed by atoms with E-state index >= 15 is 0 Å². The molecule has 2 aromatic heterocycles.